The predicted octanol–water partition coefficient (Wildman–Crippen LogP) is 2.13. The van der Waals surface area contributed by atoms with Gasteiger partial charge in [-0.3, -0.25) is 0 Å². The van der Waals surface area contributed by atoms with Crippen LogP contribution in [0.25, 0.3) is 0 Å². The van der Waals surface area contributed by atoms with Crippen molar-refractivity contribution in [2.75, 3.05) is 0 Å². The summed E-state index contributed by atoms with van der Waals surface area (Å²) in [6.07, 6.45) is 3.40. The van der Waals surface area contributed by atoms with Crippen LogP contribution in [0.4, 0.5) is 0 Å². The molecule has 1 unspecified atom stereocenters. The highest BCUT2D eigenvalue weighted by atomic mass is 16.5. The molecule has 0 heterocycles. The van der Waals surface area contributed by atoms with Gasteiger partial charge in [0.25, 0.3) is 0 Å². The van der Waals surface area contributed by atoms with Crippen molar-refractivity contribution in [3.63, 3.8) is 0 Å². The van der Waals surface area contributed by atoms with E-state index >= 15 is 0 Å². The first-order valence-corrected chi connectivity index (χ1v) is 5.84. The maximum Gasteiger partial charge on any atom is 0.337 e. The minimum Gasteiger partial charge on any atom is -0.490 e. The second-order valence-electron chi connectivity index (χ2n) is 4.33. The molecule has 0 saturated heterocycles. The van der Waals surface area contributed by atoms with E-state index in [0.717, 1.165) is 18.6 Å². The molecule has 0 aliphatic heterocycles. The zero-order valence-corrected chi connectivity index (χ0v) is 9.50. The van der Waals surface area contributed by atoms with Crippen molar-refractivity contribution in [1.82, 2.24) is 0 Å². The Morgan fingerprint density at radius 3 is 2.35 bits per heavy atom. The Hall–Kier alpha value is -1.55. The fourth-order valence-corrected chi connectivity index (χ4v) is 2.07. The molecule has 0 aromatic heterocycles. The largest absolute Gasteiger partial charge is 0.490 e. The van der Waals surface area contributed by atoms with Gasteiger partial charge in [0.2, 0.25) is 0 Å². The maximum atomic E-state index is 10.6. The van der Waals surface area contributed by atoms with Gasteiger partial charge in [-0.1, -0.05) is 12.1 Å². The van der Waals surface area contributed by atoms with Gasteiger partial charge >= 0.3 is 5.97 Å². The number of aliphatic hydroxyl groups excluding tert-OH is 1. The molecule has 0 bridgehead atoms. The van der Waals surface area contributed by atoms with Crippen molar-refractivity contribution in [3.8, 4) is 5.75 Å². The minimum atomic E-state index is -1.46. The summed E-state index contributed by atoms with van der Waals surface area (Å²) in [4.78, 5) is 10.6. The molecule has 1 aromatic carbocycles. The molecular weight excluding hydrogens is 220 g/mol. The van der Waals surface area contributed by atoms with Gasteiger partial charge < -0.3 is 14.9 Å². The van der Waals surface area contributed by atoms with Crippen LogP contribution in [-0.4, -0.2) is 22.3 Å². The van der Waals surface area contributed by atoms with Crippen molar-refractivity contribution in [1.29, 1.82) is 0 Å². The second kappa shape index (κ2) is 5.19. The van der Waals surface area contributed by atoms with Crippen LogP contribution in [0.1, 0.15) is 37.4 Å². The standard InChI is InChI=1S/C13H16O4/c14-12(13(15)16)9-5-7-11(8-6-9)17-10-3-1-2-4-10/h5-8,10,12,14H,1-4H2,(H,15,16). The number of ether oxygens (including phenoxy) is 1. The van der Waals surface area contributed by atoms with E-state index in [4.69, 9.17) is 9.84 Å². The number of carbonyl (C=O) groups is 1. The van der Waals surface area contributed by atoms with Gasteiger partial charge in [0.15, 0.2) is 6.10 Å². The summed E-state index contributed by atoms with van der Waals surface area (Å²) in [5, 5.41) is 18.0. The quantitative estimate of drug-likeness (QED) is 0.840. The molecule has 1 saturated carbocycles. The summed E-state index contributed by atoms with van der Waals surface area (Å²) in [5.74, 6) is -0.507. The van der Waals surface area contributed by atoms with E-state index in [0.29, 0.717) is 5.56 Å². The van der Waals surface area contributed by atoms with Gasteiger partial charge in [-0.15, -0.1) is 0 Å². The van der Waals surface area contributed by atoms with Crippen LogP contribution >= 0.6 is 0 Å². The summed E-state index contributed by atoms with van der Waals surface area (Å²) in [6.45, 7) is 0. The second-order valence-corrected chi connectivity index (χ2v) is 4.33. The van der Waals surface area contributed by atoms with E-state index in [1.807, 2.05) is 0 Å². The molecule has 4 heteroatoms. The molecule has 1 aliphatic carbocycles. The Balaban J connectivity index is 1.99. The zero-order valence-electron chi connectivity index (χ0n) is 9.50. The van der Waals surface area contributed by atoms with Gasteiger partial charge in [0.1, 0.15) is 5.75 Å². The molecule has 1 fully saturated rings. The monoisotopic (exact) mass is 236 g/mol. The maximum absolute atomic E-state index is 10.6. The first-order valence-electron chi connectivity index (χ1n) is 5.84. The Morgan fingerprint density at radius 2 is 1.82 bits per heavy atom. The lowest BCUT2D eigenvalue weighted by molar-refractivity contribution is -0.146. The molecule has 0 spiro atoms. The van der Waals surface area contributed by atoms with Crippen molar-refractivity contribution < 1.29 is 19.7 Å². The fraction of sp³-hybridized carbons (Fsp3) is 0.462. The normalized spacial score (nSPS) is 17.9. The SMILES string of the molecule is O=C(O)C(O)c1ccc(OC2CCCC2)cc1. The van der Waals surface area contributed by atoms with Crippen molar-refractivity contribution in [2.45, 2.75) is 37.9 Å². The first-order chi connectivity index (χ1) is 8.16. The molecule has 2 N–H and O–H groups in total. The summed E-state index contributed by atoms with van der Waals surface area (Å²) in [6, 6.07) is 6.59. The van der Waals surface area contributed by atoms with Crippen LogP contribution in [-0.2, 0) is 4.79 Å². The molecule has 92 valence electrons. The Morgan fingerprint density at radius 1 is 1.24 bits per heavy atom. The third-order valence-electron chi connectivity index (χ3n) is 3.03. The molecule has 0 radical (unpaired) electrons. The van der Waals surface area contributed by atoms with Crippen LogP contribution < -0.4 is 4.74 Å². The first kappa shape index (κ1) is 11.9. The molecule has 1 aromatic rings. The van der Waals surface area contributed by atoms with E-state index in [2.05, 4.69) is 0 Å². The molecular formula is C13H16O4. The molecule has 2 rings (SSSR count). The van der Waals surface area contributed by atoms with E-state index < -0.39 is 12.1 Å². The van der Waals surface area contributed by atoms with Crippen LogP contribution in [0.15, 0.2) is 24.3 Å². The van der Waals surface area contributed by atoms with Gasteiger partial charge in [0.05, 0.1) is 6.10 Å². The number of carboxylic acids is 1. The van der Waals surface area contributed by atoms with Crippen molar-refractivity contribution in [3.05, 3.63) is 29.8 Å². The third kappa shape index (κ3) is 2.97. The van der Waals surface area contributed by atoms with Gasteiger partial charge in [-0.05, 0) is 43.4 Å². The molecule has 4 nitrogen and oxygen atoms in total. The molecule has 1 aliphatic rings. The highest BCUT2D eigenvalue weighted by Gasteiger charge is 2.18. The number of aliphatic carboxylic acids is 1. The summed E-state index contributed by atoms with van der Waals surface area (Å²) in [5.41, 5.74) is 0.372. The highest BCUT2D eigenvalue weighted by molar-refractivity contribution is 5.74. The van der Waals surface area contributed by atoms with Gasteiger partial charge in [0, 0.05) is 0 Å². The Labute approximate surface area is 99.8 Å². The van der Waals surface area contributed by atoms with Gasteiger partial charge in [-0.2, -0.15) is 0 Å². The third-order valence-corrected chi connectivity index (χ3v) is 3.03. The molecule has 1 atom stereocenters. The smallest absolute Gasteiger partial charge is 0.337 e. The van der Waals surface area contributed by atoms with Crippen LogP contribution in [0.5, 0.6) is 5.75 Å². The Kier molecular flexibility index (Phi) is 3.64. The van der Waals surface area contributed by atoms with Crippen molar-refractivity contribution in [2.24, 2.45) is 0 Å². The lowest BCUT2D eigenvalue weighted by Crippen LogP contribution is -2.12. The Bertz CT molecular complexity index is 379. The zero-order chi connectivity index (χ0) is 12.3. The van der Waals surface area contributed by atoms with Gasteiger partial charge in [-0.25, -0.2) is 4.79 Å². The van der Waals surface area contributed by atoms with E-state index in [9.17, 15) is 9.90 Å². The summed E-state index contributed by atoms with van der Waals surface area (Å²) >= 11 is 0. The number of aliphatic hydroxyl groups is 1. The van der Waals surface area contributed by atoms with Crippen molar-refractivity contribution >= 4 is 5.97 Å². The van der Waals surface area contributed by atoms with E-state index in [1.165, 1.54) is 12.8 Å². The number of rotatable bonds is 4. The average Bonchev–Trinajstić information content (AvgIpc) is 2.82. The summed E-state index contributed by atoms with van der Waals surface area (Å²) in [7, 11) is 0. The highest BCUT2D eigenvalue weighted by Crippen LogP contribution is 2.25. The van der Waals surface area contributed by atoms with Crippen LogP contribution in [0, 0.1) is 0 Å². The lowest BCUT2D eigenvalue weighted by Gasteiger charge is -2.13. The molecule has 0 amide bonds. The van der Waals surface area contributed by atoms with E-state index in [1.54, 1.807) is 24.3 Å². The topological polar surface area (TPSA) is 66.8 Å². The minimum absolute atomic E-state index is 0.283. The molecule has 17 heavy (non-hydrogen) atoms. The lowest BCUT2D eigenvalue weighted by atomic mass is 10.1. The average molecular weight is 236 g/mol. The van der Waals surface area contributed by atoms with Crippen LogP contribution in [0.2, 0.25) is 0 Å². The fourth-order valence-electron chi connectivity index (χ4n) is 2.07. The number of carboxylic acid groups (broad SMARTS) is 1. The predicted molar refractivity (Wildman–Crippen MR) is 61.9 cm³/mol. The summed E-state index contributed by atoms with van der Waals surface area (Å²) < 4.78 is 5.74. The number of hydrogen-bond donors (Lipinski definition) is 2. The van der Waals surface area contributed by atoms with Crippen LogP contribution in [0.3, 0.4) is 0 Å². The number of benzene rings is 1. The number of hydrogen-bond acceptors (Lipinski definition) is 3. The van der Waals surface area contributed by atoms with E-state index in [-0.39, 0.29) is 6.10 Å².